The van der Waals surface area contributed by atoms with Gasteiger partial charge in [0.15, 0.2) is 0 Å². The average molecular weight is 325 g/mol. The zero-order valence-corrected chi connectivity index (χ0v) is 15.1. The summed E-state index contributed by atoms with van der Waals surface area (Å²) in [6.07, 6.45) is 1.16. The van der Waals surface area contributed by atoms with Gasteiger partial charge in [-0.15, -0.1) is 0 Å². The van der Waals surface area contributed by atoms with E-state index in [0.29, 0.717) is 12.5 Å². The summed E-state index contributed by atoms with van der Waals surface area (Å²) in [5.74, 6) is 2.32. The normalized spacial score (nSPS) is 18.8. The van der Waals surface area contributed by atoms with Crippen molar-refractivity contribution in [1.29, 1.82) is 0 Å². The molecule has 0 N–H and O–H groups in total. The Morgan fingerprint density at radius 2 is 1.71 bits per heavy atom. The minimum atomic E-state index is 0.136. The lowest BCUT2D eigenvalue weighted by atomic mass is 9.80. The van der Waals surface area contributed by atoms with Gasteiger partial charge in [-0.1, -0.05) is 25.1 Å². The molecule has 3 rings (SSSR count). The smallest absolute Gasteiger partial charge is 0.119 e. The molecule has 0 aliphatic carbocycles. The number of benzene rings is 2. The highest BCUT2D eigenvalue weighted by Crippen LogP contribution is 2.42. The topological polar surface area (TPSA) is 21.7 Å². The number of fused-ring (bicyclic) bond motifs is 1. The molecular formula is C21H27NO2. The van der Waals surface area contributed by atoms with Crippen molar-refractivity contribution in [2.75, 3.05) is 25.2 Å². The van der Waals surface area contributed by atoms with Gasteiger partial charge in [0.2, 0.25) is 0 Å². The number of hydrogen-bond acceptors (Lipinski definition) is 3. The second kappa shape index (κ2) is 6.76. The Morgan fingerprint density at radius 3 is 2.42 bits per heavy atom. The van der Waals surface area contributed by atoms with Gasteiger partial charge in [-0.3, -0.25) is 0 Å². The van der Waals surface area contributed by atoms with E-state index in [9.17, 15) is 0 Å². The van der Waals surface area contributed by atoms with E-state index in [4.69, 9.17) is 9.47 Å². The molecule has 2 aromatic carbocycles. The van der Waals surface area contributed by atoms with Gasteiger partial charge in [-0.05, 0) is 62.1 Å². The van der Waals surface area contributed by atoms with Crippen molar-refractivity contribution in [2.24, 2.45) is 0 Å². The van der Waals surface area contributed by atoms with Gasteiger partial charge in [0.1, 0.15) is 18.1 Å². The van der Waals surface area contributed by atoms with Crippen LogP contribution in [-0.4, -0.2) is 25.8 Å². The van der Waals surface area contributed by atoms with E-state index < -0.39 is 0 Å². The Labute approximate surface area is 145 Å². The maximum absolute atomic E-state index is 5.95. The molecule has 3 heteroatoms. The van der Waals surface area contributed by atoms with Crippen molar-refractivity contribution >= 4 is 5.69 Å². The number of methoxy groups -OCH3 is 1. The zero-order chi connectivity index (χ0) is 17.2. The third-order valence-electron chi connectivity index (χ3n) is 4.94. The monoisotopic (exact) mass is 325 g/mol. The lowest BCUT2D eigenvalue weighted by Gasteiger charge is -2.47. The molecular weight excluding hydrogens is 298 g/mol. The van der Waals surface area contributed by atoms with E-state index in [2.05, 4.69) is 49.9 Å². The van der Waals surface area contributed by atoms with Crippen molar-refractivity contribution in [3.05, 3.63) is 54.1 Å². The van der Waals surface area contributed by atoms with Gasteiger partial charge >= 0.3 is 0 Å². The Balaban J connectivity index is 1.70. The van der Waals surface area contributed by atoms with Gasteiger partial charge < -0.3 is 14.4 Å². The van der Waals surface area contributed by atoms with Crippen LogP contribution in [0.1, 0.15) is 38.7 Å². The highest BCUT2D eigenvalue weighted by Gasteiger charge is 2.35. The number of nitrogens with zero attached hydrogens (tertiary/aromatic N) is 1. The Hall–Kier alpha value is -2.16. The predicted octanol–water partition coefficient (Wildman–Crippen LogP) is 4.87. The lowest BCUT2D eigenvalue weighted by Crippen LogP contribution is -2.50. The van der Waals surface area contributed by atoms with Crippen molar-refractivity contribution < 1.29 is 9.47 Å². The van der Waals surface area contributed by atoms with Crippen LogP contribution in [0.5, 0.6) is 11.5 Å². The summed E-state index contributed by atoms with van der Waals surface area (Å²) < 4.78 is 11.1. The van der Waals surface area contributed by atoms with Crippen LogP contribution in [0.4, 0.5) is 5.69 Å². The largest absolute Gasteiger partial charge is 0.497 e. The summed E-state index contributed by atoms with van der Waals surface area (Å²) in [6, 6.07) is 16.5. The molecule has 0 spiro atoms. The molecule has 2 aromatic rings. The molecule has 1 atom stereocenters. The quantitative estimate of drug-likeness (QED) is 0.783. The van der Waals surface area contributed by atoms with Crippen LogP contribution in [0, 0.1) is 0 Å². The number of hydrogen-bond donors (Lipinski definition) is 0. The van der Waals surface area contributed by atoms with Crippen molar-refractivity contribution in [3.63, 3.8) is 0 Å². The standard InChI is InChI=1S/C21H27NO2/c1-16-15-21(2,3)22(20-8-6-5-7-19(16)20)13-14-24-18-11-9-17(23-4)10-12-18/h5-12,16H,13-15H2,1-4H3. The molecule has 0 saturated carbocycles. The molecule has 0 saturated heterocycles. The SMILES string of the molecule is COc1ccc(OCCN2c3ccccc3C(C)CC2(C)C)cc1. The summed E-state index contributed by atoms with van der Waals surface area (Å²) in [6.45, 7) is 8.52. The van der Waals surface area contributed by atoms with E-state index in [0.717, 1.165) is 24.5 Å². The summed E-state index contributed by atoms with van der Waals surface area (Å²) in [7, 11) is 1.67. The Bertz CT molecular complexity index is 678. The van der Waals surface area contributed by atoms with Crippen LogP contribution < -0.4 is 14.4 Å². The second-order valence-corrected chi connectivity index (χ2v) is 7.15. The summed E-state index contributed by atoms with van der Waals surface area (Å²) in [5, 5.41) is 0. The highest BCUT2D eigenvalue weighted by atomic mass is 16.5. The fourth-order valence-electron chi connectivity index (χ4n) is 3.80. The number of ether oxygens (including phenoxy) is 2. The molecule has 3 nitrogen and oxygen atoms in total. The molecule has 1 unspecified atom stereocenters. The van der Waals surface area contributed by atoms with Crippen molar-refractivity contribution in [3.8, 4) is 11.5 Å². The Kier molecular flexibility index (Phi) is 4.70. The van der Waals surface area contributed by atoms with Crippen LogP contribution in [0.3, 0.4) is 0 Å². The van der Waals surface area contributed by atoms with Crippen molar-refractivity contribution in [2.45, 2.75) is 38.6 Å². The van der Waals surface area contributed by atoms with E-state index >= 15 is 0 Å². The minimum Gasteiger partial charge on any atom is -0.497 e. The van der Waals surface area contributed by atoms with Crippen molar-refractivity contribution in [1.82, 2.24) is 0 Å². The first kappa shape index (κ1) is 16.7. The molecule has 0 aromatic heterocycles. The first-order chi connectivity index (χ1) is 11.5. The molecule has 0 amide bonds. The van der Waals surface area contributed by atoms with Gasteiger partial charge in [-0.2, -0.15) is 0 Å². The number of para-hydroxylation sites is 1. The highest BCUT2D eigenvalue weighted by molar-refractivity contribution is 5.59. The predicted molar refractivity (Wildman–Crippen MR) is 99.4 cm³/mol. The summed E-state index contributed by atoms with van der Waals surface area (Å²) in [4.78, 5) is 2.49. The fraction of sp³-hybridized carbons (Fsp3) is 0.429. The lowest BCUT2D eigenvalue weighted by molar-refractivity contribution is 0.294. The molecule has 128 valence electrons. The second-order valence-electron chi connectivity index (χ2n) is 7.15. The molecule has 0 radical (unpaired) electrons. The molecule has 1 aliphatic rings. The number of rotatable bonds is 5. The fourth-order valence-corrected chi connectivity index (χ4v) is 3.80. The van der Waals surface area contributed by atoms with Crippen LogP contribution in [0.2, 0.25) is 0 Å². The van der Waals surface area contributed by atoms with Gasteiger partial charge in [0.25, 0.3) is 0 Å². The molecule has 1 heterocycles. The molecule has 24 heavy (non-hydrogen) atoms. The van der Waals surface area contributed by atoms with Gasteiger partial charge in [0, 0.05) is 11.2 Å². The molecule has 0 bridgehead atoms. The first-order valence-corrected chi connectivity index (χ1v) is 8.65. The van der Waals surface area contributed by atoms with Gasteiger partial charge in [-0.25, -0.2) is 0 Å². The van der Waals surface area contributed by atoms with E-state index in [1.165, 1.54) is 11.3 Å². The molecule has 0 fully saturated rings. The summed E-state index contributed by atoms with van der Waals surface area (Å²) >= 11 is 0. The van der Waals surface area contributed by atoms with Gasteiger partial charge in [0.05, 0.1) is 13.7 Å². The number of anilines is 1. The van der Waals surface area contributed by atoms with E-state index in [1.807, 2.05) is 24.3 Å². The maximum atomic E-state index is 5.95. The minimum absolute atomic E-state index is 0.136. The zero-order valence-electron chi connectivity index (χ0n) is 15.1. The van der Waals surface area contributed by atoms with Crippen LogP contribution in [0.25, 0.3) is 0 Å². The van der Waals surface area contributed by atoms with E-state index in [-0.39, 0.29) is 5.54 Å². The molecule has 1 aliphatic heterocycles. The first-order valence-electron chi connectivity index (χ1n) is 8.65. The Morgan fingerprint density at radius 1 is 1.04 bits per heavy atom. The average Bonchev–Trinajstić information content (AvgIpc) is 2.58. The third kappa shape index (κ3) is 3.35. The summed E-state index contributed by atoms with van der Waals surface area (Å²) in [5.41, 5.74) is 2.93. The van der Waals surface area contributed by atoms with Crippen LogP contribution in [0.15, 0.2) is 48.5 Å². The van der Waals surface area contributed by atoms with Crippen LogP contribution >= 0.6 is 0 Å². The van der Waals surface area contributed by atoms with E-state index in [1.54, 1.807) is 7.11 Å². The van der Waals surface area contributed by atoms with Crippen LogP contribution in [-0.2, 0) is 0 Å². The maximum Gasteiger partial charge on any atom is 0.119 e. The third-order valence-corrected chi connectivity index (χ3v) is 4.94.